The minimum absolute atomic E-state index is 0.0498. The van der Waals surface area contributed by atoms with Gasteiger partial charge in [0, 0.05) is 73.7 Å². The molecule has 0 bridgehead atoms. The van der Waals surface area contributed by atoms with E-state index in [0.29, 0.717) is 43.3 Å². The van der Waals surface area contributed by atoms with Crippen molar-refractivity contribution in [1.29, 1.82) is 0 Å². The number of thiazole rings is 1. The summed E-state index contributed by atoms with van der Waals surface area (Å²) in [7, 11) is 0. The minimum atomic E-state index is 0.0498. The molecule has 0 radical (unpaired) electrons. The lowest BCUT2D eigenvalue weighted by atomic mass is 10.1. The highest BCUT2D eigenvalue weighted by molar-refractivity contribution is 7.23. The summed E-state index contributed by atoms with van der Waals surface area (Å²) in [6.45, 7) is 7.75. The van der Waals surface area contributed by atoms with E-state index in [1.807, 2.05) is 34.7 Å². The fourth-order valence-electron chi connectivity index (χ4n) is 5.37. The fraction of sp³-hybridized carbons (Fsp3) is 0.310. The molecule has 0 saturated carbocycles. The number of benzene rings is 1. The number of anilines is 3. The first kappa shape index (κ1) is 26.7. The molecule has 1 amide bonds. The van der Waals surface area contributed by atoms with Gasteiger partial charge in [0.25, 0.3) is 5.91 Å². The molecule has 0 unspecified atom stereocenters. The molecule has 0 atom stereocenters. The molecule has 0 aliphatic carbocycles. The van der Waals surface area contributed by atoms with Crippen LogP contribution in [0.2, 0.25) is 0 Å². The number of ether oxygens (including phenoxy) is 1. The Labute approximate surface area is 250 Å². The van der Waals surface area contributed by atoms with Crippen molar-refractivity contribution in [3.63, 3.8) is 0 Å². The first-order valence-corrected chi connectivity index (χ1v) is 15.5. The minimum Gasteiger partial charge on any atom is -0.378 e. The van der Waals surface area contributed by atoms with Gasteiger partial charge in [-0.3, -0.25) is 4.79 Å². The molecule has 214 valence electrons. The van der Waals surface area contributed by atoms with Crippen molar-refractivity contribution in [3.05, 3.63) is 59.4 Å². The Morgan fingerprint density at radius 3 is 2.48 bits per heavy atom. The topological polar surface area (TPSA) is 126 Å². The number of hydrogen-bond donors (Lipinski definition) is 1. The second-order valence-electron chi connectivity index (χ2n) is 10.2. The maximum Gasteiger partial charge on any atom is 0.253 e. The van der Waals surface area contributed by atoms with Crippen LogP contribution in [-0.4, -0.2) is 88.2 Å². The van der Waals surface area contributed by atoms with Gasteiger partial charge in [-0.1, -0.05) is 12.1 Å². The van der Waals surface area contributed by atoms with Crippen molar-refractivity contribution in [2.45, 2.75) is 6.92 Å². The van der Waals surface area contributed by atoms with Crippen LogP contribution in [0.5, 0.6) is 0 Å². The molecule has 13 heteroatoms. The summed E-state index contributed by atoms with van der Waals surface area (Å²) in [5.41, 5.74) is 10.0. The number of thiophene rings is 1. The van der Waals surface area contributed by atoms with E-state index in [1.54, 1.807) is 35.1 Å². The maximum atomic E-state index is 13.6. The van der Waals surface area contributed by atoms with Gasteiger partial charge >= 0.3 is 0 Å². The van der Waals surface area contributed by atoms with E-state index in [4.69, 9.17) is 20.4 Å². The molecule has 5 aromatic rings. The zero-order valence-electron chi connectivity index (χ0n) is 23.1. The maximum absolute atomic E-state index is 13.6. The second-order valence-corrected chi connectivity index (χ2v) is 12.1. The standard InChI is InChI=1S/C29H29N9O2S2/c1-18-22-24(26(36-10-12-40-13-11-36)35-25(34-22)21-16-32-28(30)33-17-21)42-23(18)19-3-2-4-20(15-19)27(39)37-6-8-38(9-7-37)29-31-5-14-41-29/h2-5,14-17H,6-13H2,1H3,(H2,30,32,33). The third-order valence-electron chi connectivity index (χ3n) is 7.62. The van der Waals surface area contributed by atoms with Gasteiger partial charge in [0.05, 0.1) is 29.0 Å². The number of aromatic nitrogens is 5. The van der Waals surface area contributed by atoms with Gasteiger partial charge in [-0.05, 0) is 30.2 Å². The molecule has 2 fully saturated rings. The van der Waals surface area contributed by atoms with E-state index in [2.05, 4.69) is 37.7 Å². The average molecular weight is 600 g/mol. The molecule has 6 heterocycles. The molecule has 2 saturated heterocycles. The Kier molecular flexibility index (Phi) is 7.14. The number of rotatable bonds is 5. The number of hydrogen-bond acceptors (Lipinski definition) is 12. The fourth-order valence-corrected chi connectivity index (χ4v) is 7.33. The Morgan fingerprint density at radius 1 is 0.952 bits per heavy atom. The van der Waals surface area contributed by atoms with Crippen LogP contribution >= 0.6 is 22.7 Å². The van der Waals surface area contributed by atoms with Crippen LogP contribution in [0.3, 0.4) is 0 Å². The van der Waals surface area contributed by atoms with Gasteiger partial charge in [-0.15, -0.1) is 22.7 Å². The smallest absolute Gasteiger partial charge is 0.253 e. The summed E-state index contributed by atoms with van der Waals surface area (Å²) in [6.07, 6.45) is 5.13. The van der Waals surface area contributed by atoms with Gasteiger partial charge in [-0.25, -0.2) is 24.9 Å². The predicted molar refractivity (Wildman–Crippen MR) is 166 cm³/mol. The Morgan fingerprint density at radius 2 is 1.74 bits per heavy atom. The summed E-state index contributed by atoms with van der Waals surface area (Å²) < 4.78 is 6.63. The van der Waals surface area contributed by atoms with Crippen LogP contribution in [0.25, 0.3) is 32.0 Å². The van der Waals surface area contributed by atoms with Crippen LogP contribution < -0.4 is 15.5 Å². The zero-order valence-corrected chi connectivity index (χ0v) is 24.7. The van der Waals surface area contributed by atoms with Gasteiger partial charge < -0.3 is 25.2 Å². The van der Waals surface area contributed by atoms with E-state index < -0.39 is 0 Å². The molecule has 1 aromatic carbocycles. The molecule has 42 heavy (non-hydrogen) atoms. The van der Waals surface area contributed by atoms with Crippen LogP contribution in [0.4, 0.5) is 16.9 Å². The van der Waals surface area contributed by atoms with Gasteiger partial charge in [0.2, 0.25) is 5.95 Å². The SMILES string of the molecule is Cc1c(-c2cccc(C(=O)N3CCN(c4nccs4)CC3)c2)sc2c(N3CCOCC3)nc(-c3cnc(N)nc3)nc12. The van der Waals surface area contributed by atoms with Crippen molar-refractivity contribution >= 4 is 55.7 Å². The summed E-state index contributed by atoms with van der Waals surface area (Å²) in [5, 5.41) is 2.99. The predicted octanol–water partition coefficient (Wildman–Crippen LogP) is 3.96. The van der Waals surface area contributed by atoms with E-state index in [9.17, 15) is 4.79 Å². The van der Waals surface area contributed by atoms with Crippen molar-refractivity contribution in [2.24, 2.45) is 0 Å². The Bertz CT molecular complexity index is 1730. The normalized spacial score (nSPS) is 15.9. The van der Waals surface area contributed by atoms with Crippen LogP contribution in [0.1, 0.15) is 15.9 Å². The average Bonchev–Trinajstić information content (AvgIpc) is 3.70. The first-order valence-electron chi connectivity index (χ1n) is 13.8. The molecular weight excluding hydrogens is 571 g/mol. The lowest BCUT2D eigenvalue weighted by molar-refractivity contribution is 0.0747. The number of nitrogen functional groups attached to an aromatic ring is 1. The van der Waals surface area contributed by atoms with Crippen LogP contribution in [-0.2, 0) is 4.74 Å². The number of carbonyl (C=O) groups is 1. The second kappa shape index (κ2) is 11.2. The molecular formula is C29H29N9O2S2. The molecule has 7 rings (SSSR count). The number of carbonyl (C=O) groups excluding carboxylic acids is 1. The summed E-state index contributed by atoms with van der Waals surface area (Å²) >= 11 is 3.29. The lowest BCUT2D eigenvalue weighted by Gasteiger charge is -2.34. The molecule has 4 aromatic heterocycles. The number of fused-ring (bicyclic) bond motifs is 1. The van der Waals surface area contributed by atoms with Gasteiger partial charge in [0.1, 0.15) is 0 Å². The monoisotopic (exact) mass is 599 g/mol. The van der Waals surface area contributed by atoms with Crippen LogP contribution in [0, 0.1) is 6.92 Å². The van der Waals surface area contributed by atoms with Crippen molar-refractivity contribution in [1.82, 2.24) is 29.8 Å². The number of nitrogens with zero attached hydrogens (tertiary/aromatic N) is 8. The number of amides is 1. The molecule has 0 spiro atoms. The highest BCUT2D eigenvalue weighted by atomic mass is 32.1. The van der Waals surface area contributed by atoms with Gasteiger partial charge in [0.15, 0.2) is 16.8 Å². The largest absolute Gasteiger partial charge is 0.378 e. The highest BCUT2D eigenvalue weighted by Gasteiger charge is 2.26. The van der Waals surface area contributed by atoms with Crippen molar-refractivity contribution in [2.75, 3.05) is 68.0 Å². The van der Waals surface area contributed by atoms with Crippen LogP contribution in [0.15, 0.2) is 48.2 Å². The number of piperazine rings is 1. The molecule has 11 nitrogen and oxygen atoms in total. The van der Waals surface area contributed by atoms with E-state index in [1.165, 1.54) is 0 Å². The quantitative estimate of drug-likeness (QED) is 0.317. The first-order chi connectivity index (χ1) is 20.5. The third kappa shape index (κ3) is 5.03. The number of aryl methyl sites for hydroxylation is 1. The van der Waals surface area contributed by atoms with Crippen molar-refractivity contribution in [3.8, 4) is 21.8 Å². The van der Waals surface area contributed by atoms with E-state index in [-0.39, 0.29) is 11.9 Å². The lowest BCUT2D eigenvalue weighted by Crippen LogP contribution is -2.48. The van der Waals surface area contributed by atoms with Gasteiger partial charge in [-0.2, -0.15) is 0 Å². The summed E-state index contributed by atoms with van der Waals surface area (Å²) in [5.74, 6) is 1.68. The van der Waals surface area contributed by atoms with E-state index in [0.717, 1.165) is 63.3 Å². The Hall–Kier alpha value is -4.20. The van der Waals surface area contributed by atoms with E-state index >= 15 is 0 Å². The molecule has 2 aliphatic heterocycles. The van der Waals surface area contributed by atoms with Crippen molar-refractivity contribution < 1.29 is 9.53 Å². The zero-order chi connectivity index (χ0) is 28.6. The summed E-state index contributed by atoms with van der Waals surface area (Å²) in [4.78, 5) is 43.7. The Balaban J connectivity index is 1.22. The number of morpholine rings is 1. The molecule has 2 N–H and O–H groups in total. The highest BCUT2D eigenvalue weighted by Crippen LogP contribution is 2.42. The third-order valence-corrected chi connectivity index (χ3v) is 9.77. The molecule has 2 aliphatic rings. The summed E-state index contributed by atoms with van der Waals surface area (Å²) in [6, 6.07) is 7.93. The number of nitrogens with two attached hydrogens (primary N) is 1.